The Labute approximate surface area is 138 Å². The third-order valence-electron chi connectivity index (χ3n) is 7.24. The van der Waals surface area contributed by atoms with Crippen molar-refractivity contribution in [2.45, 2.75) is 70.9 Å². The van der Waals surface area contributed by atoms with Crippen molar-refractivity contribution in [3.05, 3.63) is 12.2 Å². The second-order valence-electron chi connectivity index (χ2n) is 9.14. The van der Waals surface area contributed by atoms with Crippen molar-refractivity contribution >= 4 is 11.9 Å². The molecule has 2 bridgehead atoms. The molecule has 0 radical (unpaired) electrons. The van der Waals surface area contributed by atoms with E-state index in [0.29, 0.717) is 31.7 Å². The fraction of sp³-hybridized carbons (Fsp3) is 0.789. The molecule has 2 saturated carbocycles. The molecule has 4 rings (SSSR count). The number of rotatable bonds is 2. The van der Waals surface area contributed by atoms with E-state index in [4.69, 9.17) is 4.74 Å². The summed E-state index contributed by atoms with van der Waals surface area (Å²) in [6.07, 6.45) is 5.10. The average molecular weight is 317 g/mol. The molecule has 0 spiro atoms. The van der Waals surface area contributed by atoms with E-state index in [0.717, 1.165) is 18.4 Å². The highest BCUT2D eigenvalue weighted by atomic mass is 16.5. The lowest BCUT2D eigenvalue weighted by molar-refractivity contribution is -0.177. The molecule has 4 heteroatoms. The Morgan fingerprint density at radius 2 is 2.04 bits per heavy atom. The molecule has 0 aromatic heterocycles. The van der Waals surface area contributed by atoms with E-state index in [9.17, 15) is 9.59 Å². The largest absolute Gasteiger partial charge is 0.459 e. The number of nitrogens with zero attached hydrogens (tertiary/aromatic N) is 1. The molecule has 0 N–H and O–H groups in total. The molecule has 2 aliphatic heterocycles. The van der Waals surface area contributed by atoms with Crippen molar-refractivity contribution in [1.29, 1.82) is 0 Å². The zero-order valence-corrected chi connectivity index (χ0v) is 14.5. The van der Waals surface area contributed by atoms with Gasteiger partial charge in [0.05, 0.1) is 0 Å². The van der Waals surface area contributed by atoms with Gasteiger partial charge in [-0.3, -0.25) is 4.79 Å². The van der Waals surface area contributed by atoms with Crippen LogP contribution in [-0.4, -0.2) is 35.0 Å². The quantitative estimate of drug-likeness (QED) is 0.581. The summed E-state index contributed by atoms with van der Waals surface area (Å²) in [6.45, 7) is 11.3. The molecule has 1 unspecified atom stereocenters. The first-order valence-electron chi connectivity index (χ1n) is 8.87. The summed E-state index contributed by atoms with van der Waals surface area (Å²) in [4.78, 5) is 27.0. The minimum atomic E-state index is -0.761. The van der Waals surface area contributed by atoms with Crippen molar-refractivity contribution in [1.82, 2.24) is 4.90 Å². The van der Waals surface area contributed by atoms with E-state index in [1.165, 1.54) is 6.42 Å². The Hall–Kier alpha value is -1.32. The third kappa shape index (κ3) is 1.84. The fourth-order valence-electron chi connectivity index (χ4n) is 5.99. The highest BCUT2D eigenvalue weighted by Gasteiger charge is 2.63. The Kier molecular flexibility index (Phi) is 2.91. The standard InChI is InChI=1S/C19H27NO3/c1-12-9-19(8-6-14(21)20(19)11-12)16(22)23-15-17(2,3)13-5-7-18(15,4)10-13/h13,15H,1,5-11H2,2-4H3/t13-,15-,18+,19?/m0/s1. The number of hydrogen-bond acceptors (Lipinski definition) is 3. The zero-order valence-electron chi connectivity index (χ0n) is 14.5. The summed E-state index contributed by atoms with van der Waals surface area (Å²) in [6, 6.07) is 0. The lowest BCUT2D eigenvalue weighted by Gasteiger charge is -2.43. The second-order valence-corrected chi connectivity index (χ2v) is 9.14. The molecule has 4 atom stereocenters. The minimum Gasteiger partial charge on any atom is -0.459 e. The summed E-state index contributed by atoms with van der Waals surface area (Å²) in [7, 11) is 0. The van der Waals surface area contributed by atoms with Crippen LogP contribution >= 0.6 is 0 Å². The lowest BCUT2D eigenvalue weighted by Crippen LogP contribution is -2.52. The van der Waals surface area contributed by atoms with E-state index in [1.807, 2.05) is 0 Å². The molecular formula is C19H27NO3. The van der Waals surface area contributed by atoms with Gasteiger partial charge in [0.15, 0.2) is 0 Å². The predicted octanol–water partition coefficient (Wildman–Crippen LogP) is 3.07. The van der Waals surface area contributed by atoms with Crippen LogP contribution in [0, 0.1) is 16.7 Å². The zero-order chi connectivity index (χ0) is 16.6. The van der Waals surface area contributed by atoms with Gasteiger partial charge >= 0.3 is 5.97 Å². The molecule has 0 aromatic rings. The average Bonchev–Trinajstić information content (AvgIpc) is 3.14. The van der Waals surface area contributed by atoms with Crippen LogP contribution in [0.4, 0.5) is 0 Å². The van der Waals surface area contributed by atoms with Crippen LogP contribution < -0.4 is 0 Å². The molecular weight excluding hydrogens is 290 g/mol. The van der Waals surface area contributed by atoms with E-state index < -0.39 is 5.54 Å². The molecule has 23 heavy (non-hydrogen) atoms. The molecule has 4 aliphatic rings. The van der Waals surface area contributed by atoms with Gasteiger partial charge in [0, 0.05) is 30.2 Å². The van der Waals surface area contributed by atoms with Crippen LogP contribution in [0.5, 0.6) is 0 Å². The summed E-state index contributed by atoms with van der Waals surface area (Å²) >= 11 is 0. The molecule has 0 aromatic carbocycles. The summed E-state index contributed by atoms with van der Waals surface area (Å²) in [5.41, 5.74) is 0.335. The molecule has 2 aliphatic carbocycles. The lowest BCUT2D eigenvalue weighted by atomic mass is 9.70. The monoisotopic (exact) mass is 317 g/mol. The van der Waals surface area contributed by atoms with E-state index in [2.05, 4.69) is 27.4 Å². The van der Waals surface area contributed by atoms with Crippen molar-refractivity contribution in [3.63, 3.8) is 0 Å². The Balaban J connectivity index is 1.61. The van der Waals surface area contributed by atoms with Gasteiger partial charge in [-0.2, -0.15) is 0 Å². The SMILES string of the molecule is C=C1CN2C(=O)CCC2(C(=O)O[C@H]2C(C)(C)[C@H]3CC[C@]2(C)C3)C1. The van der Waals surface area contributed by atoms with Crippen molar-refractivity contribution in [3.8, 4) is 0 Å². The van der Waals surface area contributed by atoms with E-state index in [1.54, 1.807) is 4.90 Å². The maximum Gasteiger partial charge on any atom is 0.332 e. The minimum absolute atomic E-state index is 0.0301. The Morgan fingerprint density at radius 1 is 1.30 bits per heavy atom. The number of hydrogen-bond donors (Lipinski definition) is 0. The fourth-order valence-corrected chi connectivity index (χ4v) is 5.99. The molecule has 2 heterocycles. The van der Waals surface area contributed by atoms with E-state index in [-0.39, 0.29) is 28.8 Å². The topological polar surface area (TPSA) is 46.6 Å². The molecule has 2 saturated heterocycles. The highest BCUT2D eigenvalue weighted by Crippen LogP contribution is 2.63. The van der Waals surface area contributed by atoms with Gasteiger partial charge in [-0.15, -0.1) is 0 Å². The number of fused-ring (bicyclic) bond motifs is 3. The normalized spacial score (nSPS) is 44.0. The molecule has 126 valence electrons. The number of esters is 1. The van der Waals surface area contributed by atoms with Gasteiger partial charge in [0.25, 0.3) is 0 Å². The second kappa shape index (κ2) is 4.40. The van der Waals surface area contributed by atoms with Crippen LogP contribution in [0.3, 0.4) is 0 Å². The van der Waals surface area contributed by atoms with Crippen LogP contribution in [0.25, 0.3) is 0 Å². The van der Waals surface area contributed by atoms with Crippen molar-refractivity contribution in [2.24, 2.45) is 16.7 Å². The Bertz CT molecular complexity index is 605. The van der Waals surface area contributed by atoms with Crippen LogP contribution in [0.15, 0.2) is 12.2 Å². The van der Waals surface area contributed by atoms with Gasteiger partial charge < -0.3 is 9.64 Å². The summed E-state index contributed by atoms with van der Waals surface area (Å²) in [5.74, 6) is 0.524. The van der Waals surface area contributed by atoms with Crippen LogP contribution in [-0.2, 0) is 14.3 Å². The molecule has 4 nitrogen and oxygen atoms in total. The number of carbonyl (C=O) groups is 2. The predicted molar refractivity (Wildman–Crippen MR) is 86.5 cm³/mol. The number of amides is 1. The van der Waals surface area contributed by atoms with Gasteiger partial charge in [-0.25, -0.2) is 4.79 Å². The number of carbonyl (C=O) groups excluding carboxylic acids is 2. The highest BCUT2D eigenvalue weighted by molar-refractivity contribution is 5.93. The third-order valence-corrected chi connectivity index (χ3v) is 7.24. The maximum absolute atomic E-state index is 13.1. The van der Waals surface area contributed by atoms with Crippen LogP contribution in [0.1, 0.15) is 59.3 Å². The van der Waals surface area contributed by atoms with Crippen molar-refractivity contribution in [2.75, 3.05) is 6.54 Å². The summed E-state index contributed by atoms with van der Waals surface area (Å²) < 4.78 is 6.17. The van der Waals surface area contributed by atoms with Crippen molar-refractivity contribution < 1.29 is 14.3 Å². The first-order valence-corrected chi connectivity index (χ1v) is 8.87. The van der Waals surface area contributed by atoms with Crippen LogP contribution in [0.2, 0.25) is 0 Å². The van der Waals surface area contributed by atoms with E-state index >= 15 is 0 Å². The smallest absolute Gasteiger partial charge is 0.332 e. The van der Waals surface area contributed by atoms with Gasteiger partial charge in [-0.1, -0.05) is 32.9 Å². The maximum atomic E-state index is 13.1. The number of ether oxygens (including phenoxy) is 1. The van der Waals surface area contributed by atoms with Gasteiger partial charge in [-0.05, 0) is 31.6 Å². The molecule has 4 fully saturated rings. The Morgan fingerprint density at radius 3 is 2.70 bits per heavy atom. The first kappa shape index (κ1) is 15.2. The molecule has 1 amide bonds. The summed E-state index contributed by atoms with van der Waals surface area (Å²) in [5, 5.41) is 0. The first-order chi connectivity index (χ1) is 10.7. The van der Waals surface area contributed by atoms with Gasteiger partial charge in [0.2, 0.25) is 5.91 Å². The van der Waals surface area contributed by atoms with Gasteiger partial charge in [0.1, 0.15) is 11.6 Å².